The lowest BCUT2D eigenvalue weighted by Crippen LogP contribution is -2.44. The highest BCUT2D eigenvalue weighted by Crippen LogP contribution is 2.15. The first kappa shape index (κ1) is 17.3. The average Bonchev–Trinajstić information content (AvgIpc) is 2.51. The van der Waals surface area contributed by atoms with E-state index in [4.69, 9.17) is 5.73 Å². The van der Waals surface area contributed by atoms with Crippen molar-refractivity contribution in [3.05, 3.63) is 29.3 Å². The zero-order valence-corrected chi connectivity index (χ0v) is 13.9. The van der Waals surface area contributed by atoms with Crippen molar-refractivity contribution in [1.82, 2.24) is 10.2 Å². The van der Waals surface area contributed by atoms with E-state index in [9.17, 15) is 9.59 Å². The van der Waals surface area contributed by atoms with Gasteiger partial charge in [0.05, 0.1) is 5.92 Å². The Hall–Kier alpha value is -2.08. The van der Waals surface area contributed by atoms with Gasteiger partial charge in [0, 0.05) is 25.3 Å². The molecule has 4 N–H and O–H groups in total. The predicted molar refractivity (Wildman–Crippen MR) is 91.3 cm³/mol. The van der Waals surface area contributed by atoms with Gasteiger partial charge in [0.1, 0.15) is 0 Å². The lowest BCUT2D eigenvalue weighted by Gasteiger charge is -2.31. The quantitative estimate of drug-likeness (QED) is 0.771. The van der Waals surface area contributed by atoms with Crippen LogP contribution in [0.25, 0.3) is 0 Å². The molecule has 1 atom stereocenters. The summed E-state index contributed by atoms with van der Waals surface area (Å²) in [5.41, 5.74) is 8.50. The fourth-order valence-electron chi connectivity index (χ4n) is 2.81. The third kappa shape index (κ3) is 5.25. The van der Waals surface area contributed by atoms with Crippen LogP contribution in [0.15, 0.2) is 18.2 Å². The lowest BCUT2D eigenvalue weighted by atomic mass is 9.97. The second-order valence-electron chi connectivity index (χ2n) is 6.22. The monoisotopic (exact) mass is 318 g/mol. The van der Waals surface area contributed by atoms with Gasteiger partial charge < -0.3 is 21.3 Å². The number of carbonyl (C=O) groups is 2. The average molecular weight is 318 g/mol. The normalized spacial score (nSPS) is 18.4. The van der Waals surface area contributed by atoms with E-state index in [1.54, 1.807) is 0 Å². The van der Waals surface area contributed by atoms with E-state index in [-0.39, 0.29) is 17.9 Å². The van der Waals surface area contributed by atoms with Gasteiger partial charge in [-0.1, -0.05) is 6.07 Å². The first-order valence-corrected chi connectivity index (χ1v) is 8.09. The number of nitrogens with one attached hydrogen (secondary N) is 2. The Morgan fingerprint density at radius 2 is 2.09 bits per heavy atom. The number of amides is 3. The summed E-state index contributed by atoms with van der Waals surface area (Å²) in [6, 6.07) is 5.63. The number of aryl methyl sites for hydroxylation is 2. The molecule has 126 valence electrons. The molecule has 1 aliphatic rings. The number of carbonyl (C=O) groups excluding carboxylic acids is 2. The summed E-state index contributed by atoms with van der Waals surface area (Å²) in [5, 5.41) is 5.68. The number of nitrogens with zero attached hydrogens (tertiary/aromatic N) is 1. The zero-order valence-electron chi connectivity index (χ0n) is 13.9. The number of rotatable bonds is 5. The maximum absolute atomic E-state index is 11.9. The predicted octanol–water partition coefficient (Wildman–Crippen LogP) is 1.62. The van der Waals surface area contributed by atoms with Crippen molar-refractivity contribution in [2.75, 3.05) is 31.5 Å². The first-order chi connectivity index (χ1) is 11.0. The molecule has 0 radical (unpaired) electrons. The Bertz CT molecular complexity index is 574. The van der Waals surface area contributed by atoms with Crippen LogP contribution in [0, 0.1) is 19.8 Å². The van der Waals surface area contributed by atoms with E-state index in [1.165, 1.54) is 5.56 Å². The summed E-state index contributed by atoms with van der Waals surface area (Å²) in [4.78, 5) is 25.3. The van der Waals surface area contributed by atoms with Gasteiger partial charge in [-0.15, -0.1) is 0 Å². The van der Waals surface area contributed by atoms with E-state index >= 15 is 0 Å². The summed E-state index contributed by atoms with van der Waals surface area (Å²) >= 11 is 0. The highest BCUT2D eigenvalue weighted by Gasteiger charge is 2.23. The molecule has 1 aromatic rings. The van der Waals surface area contributed by atoms with Crippen molar-refractivity contribution < 1.29 is 9.59 Å². The van der Waals surface area contributed by atoms with Crippen molar-refractivity contribution in [2.45, 2.75) is 26.7 Å². The molecule has 6 heteroatoms. The van der Waals surface area contributed by atoms with Crippen LogP contribution >= 0.6 is 0 Å². The van der Waals surface area contributed by atoms with Gasteiger partial charge >= 0.3 is 6.03 Å². The number of hydrogen-bond acceptors (Lipinski definition) is 3. The molecular weight excluding hydrogens is 292 g/mol. The number of likely N-dealkylation sites (tertiary alicyclic amines) is 1. The van der Waals surface area contributed by atoms with Gasteiger partial charge in [0.25, 0.3) is 0 Å². The second kappa shape index (κ2) is 7.97. The molecule has 0 spiro atoms. The van der Waals surface area contributed by atoms with E-state index in [0.29, 0.717) is 13.1 Å². The van der Waals surface area contributed by atoms with Crippen molar-refractivity contribution in [3.63, 3.8) is 0 Å². The molecule has 1 saturated heterocycles. The van der Waals surface area contributed by atoms with Gasteiger partial charge in [-0.05, 0) is 56.5 Å². The Balaban J connectivity index is 1.72. The van der Waals surface area contributed by atoms with Crippen LogP contribution in [-0.2, 0) is 4.79 Å². The van der Waals surface area contributed by atoms with Gasteiger partial charge in [0.15, 0.2) is 0 Å². The number of urea groups is 1. The number of anilines is 1. The fourth-order valence-corrected chi connectivity index (χ4v) is 2.81. The Labute approximate surface area is 137 Å². The number of primary amides is 1. The summed E-state index contributed by atoms with van der Waals surface area (Å²) in [5.74, 6) is -0.289. The molecule has 1 heterocycles. The van der Waals surface area contributed by atoms with Gasteiger partial charge in [-0.2, -0.15) is 0 Å². The van der Waals surface area contributed by atoms with Crippen LogP contribution in [0.3, 0.4) is 0 Å². The minimum absolute atomic E-state index is 0.0619. The molecule has 6 nitrogen and oxygen atoms in total. The largest absolute Gasteiger partial charge is 0.369 e. The van der Waals surface area contributed by atoms with Crippen LogP contribution in [0.5, 0.6) is 0 Å². The van der Waals surface area contributed by atoms with Gasteiger partial charge in [-0.3, -0.25) is 4.79 Å². The molecule has 0 saturated carbocycles. The van der Waals surface area contributed by atoms with E-state index in [1.807, 2.05) is 32.0 Å². The van der Waals surface area contributed by atoms with Crippen LogP contribution in [0.1, 0.15) is 24.0 Å². The third-order valence-electron chi connectivity index (χ3n) is 4.39. The van der Waals surface area contributed by atoms with Crippen molar-refractivity contribution in [3.8, 4) is 0 Å². The number of benzene rings is 1. The summed E-state index contributed by atoms with van der Waals surface area (Å²) in [7, 11) is 0. The molecule has 0 aromatic heterocycles. The highest BCUT2D eigenvalue weighted by molar-refractivity contribution is 5.89. The standard InChI is InChI=1S/C17H26N4O2/c1-12-5-6-15(10-13(12)2)20-17(23)19-7-9-21-8-3-4-14(11-21)16(18)22/h5-6,10,14H,3-4,7-9,11H2,1-2H3,(H2,18,22)(H2,19,20,23)/t14-/m0/s1. The van der Waals surface area contributed by atoms with E-state index in [0.717, 1.165) is 37.2 Å². The Morgan fingerprint density at radius 3 is 2.78 bits per heavy atom. The molecule has 0 bridgehead atoms. The maximum Gasteiger partial charge on any atom is 0.319 e. The van der Waals surface area contributed by atoms with Crippen LogP contribution in [0.2, 0.25) is 0 Å². The Kier molecular flexibility index (Phi) is 5.98. The lowest BCUT2D eigenvalue weighted by molar-refractivity contribution is -0.123. The minimum Gasteiger partial charge on any atom is -0.369 e. The topological polar surface area (TPSA) is 87.5 Å². The minimum atomic E-state index is -0.227. The number of piperidine rings is 1. The Morgan fingerprint density at radius 1 is 1.30 bits per heavy atom. The third-order valence-corrected chi connectivity index (χ3v) is 4.39. The molecule has 1 fully saturated rings. The highest BCUT2D eigenvalue weighted by atomic mass is 16.2. The van der Waals surface area contributed by atoms with Gasteiger partial charge in [0.2, 0.25) is 5.91 Å². The molecule has 1 aromatic carbocycles. The zero-order chi connectivity index (χ0) is 16.8. The van der Waals surface area contributed by atoms with E-state index in [2.05, 4.69) is 15.5 Å². The number of hydrogen-bond donors (Lipinski definition) is 3. The fraction of sp³-hybridized carbons (Fsp3) is 0.529. The molecule has 0 aliphatic carbocycles. The van der Waals surface area contributed by atoms with Crippen LogP contribution < -0.4 is 16.4 Å². The summed E-state index contributed by atoms with van der Waals surface area (Å²) < 4.78 is 0. The summed E-state index contributed by atoms with van der Waals surface area (Å²) in [6.07, 6.45) is 1.84. The summed E-state index contributed by atoms with van der Waals surface area (Å²) in [6.45, 7) is 6.97. The number of nitrogens with two attached hydrogens (primary N) is 1. The molecular formula is C17H26N4O2. The van der Waals surface area contributed by atoms with Crippen LogP contribution in [-0.4, -0.2) is 43.0 Å². The molecule has 0 unspecified atom stereocenters. The SMILES string of the molecule is Cc1ccc(NC(=O)NCCN2CCC[C@H](C(N)=O)C2)cc1C. The second-order valence-corrected chi connectivity index (χ2v) is 6.22. The van der Waals surface area contributed by atoms with E-state index < -0.39 is 0 Å². The van der Waals surface area contributed by atoms with Crippen molar-refractivity contribution in [1.29, 1.82) is 0 Å². The van der Waals surface area contributed by atoms with Crippen molar-refractivity contribution >= 4 is 17.6 Å². The molecule has 3 amide bonds. The van der Waals surface area contributed by atoms with Gasteiger partial charge in [-0.25, -0.2) is 4.79 Å². The maximum atomic E-state index is 11.9. The van der Waals surface area contributed by atoms with Crippen LogP contribution in [0.4, 0.5) is 10.5 Å². The smallest absolute Gasteiger partial charge is 0.319 e. The molecule has 1 aliphatic heterocycles. The molecule has 23 heavy (non-hydrogen) atoms. The first-order valence-electron chi connectivity index (χ1n) is 8.09. The molecule has 2 rings (SSSR count). The van der Waals surface area contributed by atoms with Crippen molar-refractivity contribution in [2.24, 2.45) is 11.7 Å².